The van der Waals surface area contributed by atoms with E-state index in [1.54, 1.807) is 0 Å². The zero-order valence-electron chi connectivity index (χ0n) is 28.3. The first kappa shape index (κ1) is 39.3. The molecule has 0 radical (unpaired) electrons. The number of hydrogen-bond donors (Lipinski definition) is 12. The highest BCUT2D eigenvalue weighted by Crippen LogP contribution is 2.46. The molecule has 3 aromatic rings. The molecule has 2 saturated heterocycles. The van der Waals surface area contributed by atoms with Crippen molar-refractivity contribution in [2.45, 2.75) is 67.5 Å². The number of aliphatic hydroxyl groups is 7. The fourth-order valence-electron chi connectivity index (χ4n) is 5.96. The maximum absolute atomic E-state index is 12.5. The van der Waals surface area contributed by atoms with E-state index in [-0.39, 0.29) is 34.1 Å². The summed E-state index contributed by atoms with van der Waals surface area (Å²) in [5, 5.41) is 123. The lowest BCUT2D eigenvalue weighted by Gasteiger charge is -2.41. The van der Waals surface area contributed by atoms with Crippen molar-refractivity contribution in [3.05, 3.63) is 77.1 Å². The van der Waals surface area contributed by atoms with E-state index in [0.717, 1.165) is 24.3 Å². The number of esters is 1. The molecule has 3 aromatic carbocycles. The molecule has 0 amide bonds. The molecule has 0 aromatic heterocycles. The molecule has 296 valence electrons. The first-order valence-corrected chi connectivity index (χ1v) is 16.6. The largest absolute Gasteiger partial charge is 0.508 e. The number of phenols is 5. The summed E-state index contributed by atoms with van der Waals surface area (Å²) in [6.45, 7) is -1.41. The first-order valence-electron chi connectivity index (χ1n) is 16.6. The highest BCUT2D eigenvalue weighted by atomic mass is 16.7. The van der Waals surface area contributed by atoms with Crippen molar-refractivity contribution in [2.24, 2.45) is 0 Å². The molecular weight excluding hydrogens is 736 g/mol. The van der Waals surface area contributed by atoms with Crippen LogP contribution in [0.2, 0.25) is 0 Å². The highest BCUT2D eigenvalue weighted by molar-refractivity contribution is 5.87. The third kappa shape index (κ3) is 8.34. The molecule has 19 nitrogen and oxygen atoms in total. The quantitative estimate of drug-likeness (QED) is 0.0664. The molecule has 12 N–H and O–H groups in total. The molecular formula is C36H38O19. The van der Waals surface area contributed by atoms with Crippen LogP contribution in [0.1, 0.15) is 22.8 Å². The van der Waals surface area contributed by atoms with Crippen LogP contribution in [0.25, 0.3) is 12.2 Å². The van der Waals surface area contributed by atoms with E-state index in [4.69, 9.17) is 28.4 Å². The summed E-state index contributed by atoms with van der Waals surface area (Å²) in [7, 11) is 0. The summed E-state index contributed by atoms with van der Waals surface area (Å²) in [5.41, 5.74) is 0.498. The molecule has 11 unspecified atom stereocenters. The summed E-state index contributed by atoms with van der Waals surface area (Å²) in [4.78, 5) is 12.5. The van der Waals surface area contributed by atoms with Crippen LogP contribution in [0.4, 0.5) is 0 Å². The van der Waals surface area contributed by atoms with Gasteiger partial charge in [0, 0.05) is 23.8 Å². The van der Waals surface area contributed by atoms with Gasteiger partial charge >= 0.3 is 5.97 Å². The summed E-state index contributed by atoms with van der Waals surface area (Å²) >= 11 is 0. The molecule has 55 heavy (non-hydrogen) atoms. The molecule has 19 heteroatoms. The highest BCUT2D eigenvalue weighted by Gasteiger charge is 2.48. The summed E-state index contributed by atoms with van der Waals surface area (Å²) in [6.07, 6.45) is -15.1. The molecule has 0 bridgehead atoms. The smallest absolute Gasteiger partial charge is 0.330 e. The van der Waals surface area contributed by atoms with Gasteiger partial charge in [0.2, 0.25) is 12.6 Å². The minimum atomic E-state index is -1.93. The second-order valence-corrected chi connectivity index (χ2v) is 12.8. The van der Waals surface area contributed by atoms with Crippen LogP contribution in [-0.4, -0.2) is 142 Å². The lowest BCUT2D eigenvalue weighted by atomic mass is 9.98. The van der Waals surface area contributed by atoms with E-state index < -0.39 is 110 Å². The fourth-order valence-corrected chi connectivity index (χ4v) is 5.96. The third-order valence-corrected chi connectivity index (χ3v) is 8.99. The lowest BCUT2D eigenvalue weighted by molar-refractivity contribution is -0.294. The molecule has 3 heterocycles. The number of aromatic hydroxyl groups is 5. The molecule has 2 fully saturated rings. The number of hydrogen-bond acceptors (Lipinski definition) is 19. The van der Waals surface area contributed by atoms with Gasteiger partial charge in [0.05, 0.1) is 12.2 Å². The molecule has 0 spiro atoms. The molecule has 6 rings (SSSR count). The Kier molecular flexibility index (Phi) is 11.6. The molecule has 11 atom stereocenters. The predicted octanol–water partition coefficient (Wildman–Crippen LogP) is -1.05. The molecule has 3 aliphatic heterocycles. The van der Waals surface area contributed by atoms with Crippen LogP contribution >= 0.6 is 0 Å². The van der Waals surface area contributed by atoms with Gasteiger partial charge < -0.3 is 89.7 Å². The van der Waals surface area contributed by atoms with Gasteiger partial charge in [-0.05, 0) is 42.0 Å². The summed E-state index contributed by atoms with van der Waals surface area (Å²) < 4.78 is 34.3. The van der Waals surface area contributed by atoms with Crippen molar-refractivity contribution in [1.82, 2.24) is 0 Å². The van der Waals surface area contributed by atoms with Crippen molar-refractivity contribution < 1.29 is 94.5 Å². The first-order chi connectivity index (χ1) is 26.1. The van der Waals surface area contributed by atoms with Crippen LogP contribution in [-0.2, 0) is 23.7 Å². The fraction of sp³-hybridized carbons (Fsp3) is 0.361. The zero-order chi connectivity index (χ0) is 39.7. The minimum absolute atomic E-state index is 0.00843. The number of benzene rings is 3. The van der Waals surface area contributed by atoms with Crippen molar-refractivity contribution in [3.63, 3.8) is 0 Å². The molecule has 3 aliphatic rings. The van der Waals surface area contributed by atoms with E-state index in [9.17, 15) is 66.1 Å². The monoisotopic (exact) mass is 774 g/mol. The number of rotatable bonds is 10. The standard InChI is InChI=1S/C36H38O19/c37-12-25-28(44)30(46)32(48)35(54-25)52-23-10-16(38)9-22-17(23)11-24(34(51-22)15-3-5-19(40)21(42)8-15)53-36-33(49)31(47)29(45)26(55-36)13-50-27(43)6-2-14-1-4-18(39)20(41)7-14/h1-11,25-26,28-42,44-49H,12-13H2. The van der Waals surface area contributed by atoms with Gasteiger partial charge in [-0.2, -0.15) is 0 Å². The van der Waals surface area contributed by atoms with Gasteiger partial charge in [-0.3, -0.25) is 0 Å². The Morgan fingerprint density at radius 2 is 1.31 bits per heavy atom. The van der Waals surface area contributed by atoms with E-state index in [1.807, 2.05) is 0 Å². The Balaban J connectivity index is 1.27. The van der Waals surface area contributed by atoms with E-state index in [1.165, 1.54) is 42.5 Å². The second kappa shape index (κ2) is 16.2. The zero-order valence-corrected chi connectivity index (χ0v) is 28.3. The van der Waals surface area contributed by atoms with Crippen LogP contribution in [0.15, 0.2) is 60.4 Å². The average Bonchev–Trinajstić information content (AvgIpc) is 3.16. The van der Waals surface area contributed by atoms with Crippen LogP contribution in [0.3, 0.4) is 0 Å². The Bertz CT molecular complexity index is 1930. The van der Waals surface area contributed by atoms with Gasteiger partial charge in [0.15, 0.2) is 29.1 Å². The Labute approximate surface area is 310 Å². The number of carbonyl (C=O) groups excluding carboxylic acids is 1. The third-order valence-electron chi connectivity index (χ3n) is 8.99. The van der Waals surface area contributed by atoms with Gasteiger partial charge in [-0.1, -0.05) is 12.1 Å². The Hall–Kier alpha value is -5.35. The number of phenolic OH excluding ortho intramolecular Hbond substituents is 5. The minimum Gasteiger partial charge on any atom is -0.508 e. The van der Waals surface area contributed by atoms with Gasteiger partial charge in [0.25, 0.3) is 0 Å². The molecule has 0 saturated carbocycles. The van der Waals surface area contributed by atoms with Crippen molar-refractivity contribution >= 4 is 18.1 Å². The number of aliphatic hydroxyl groups excluding tert-OH is 7. The van der Waals surface area contributed by atoms with Crippen molar-refractivity contribution in [1.29, 1.82) is 0 Å². The van der Waals surface area contributed by atoms with E-state index >= 15 is 0 Å². The predicted molar refractivity (Wildman–Crippen MR) is 181 cm³/mol. The van der Waals surface area contributed by atoms with Crippen molar-refractivity contribution in [2.75, 3.05) is 13.2 Å². The maximum Gasteiger partial charge on any atom is 0.330 e. The van der Waals surface area contributed by atoms with E-state index in [0.29, 0.717) is 5.56 Å². The number of carbonyl (C=O) groups is 1. The second-order valence-electron chi connectivity index (χ2n) is 12.8. The average molecular weight is 775 g/mol. The van der Waals surface area contributed by atoms with Crippen LogP contribution in [0.5, 0.6) is 40.2 Å². The normalized spacial score (nSPS) is 30.5. The van der Waals surface area contributed by atoms with Crippen LogP contribution in [0, 0.1) is 0 Å². The van der Waals surface area contributed by atoms with Gasteiger partial charge in [-0.25, -0.2) is 4.79 Å². The Morgan fingerprint density at radius 1 is 0.691 bits per heavy atom. The van der Waals surface area contributed by atoms with Gasteiger partial charge in [-0.15, -0.1) is 0 Å². The maximum atomic E-state index is 12.5. The summed E-state index contributed by atoms with van der Waals surface area (Å²) in [5.74, 6) is -3.70. The van der Waals surface area contributed by atoms with Crippen LogP contribution < -0.4 is 9.47 Å². The van der Waals surface area contributed by atoms with E-state index in [2.05, 4.69) is 0 Å². The van der Waals surface area contributed by atoms with Gasteiger partial charge in [0.1, 0.15) is 78.4 Å². The number of ether oxygens (including phenoxy) is 6. The lowest BCUT2D eigenvalue weighted by Crippen LogP contribution is -2.60. The number of fused-ring (bicyclic) bond motifs is 1. The molecule has 0 aliphatic carbocycles. The van der Waals surface area contributed by atoms with Crippen molar-refractivity contribution in [3.8, 4) is 40.2 Å². The summed E-state index contributed by atoms with van der Waals surface area (Å²) in [6, 6.07) is 9.68. The SMILES string of the molecule is O=C(C=Cc1ccc(O)c(O)c1)OCC1OC(OC2=Cc3c(cc(O)cc3OC3OC(CO)C(O)C(O)C3O)OC2c2ccc(O)c(O)c2)C(O)C(O)C1O. The topological polar surface area (TPSA) is 315 Å². The Morgan fingerprint density at radius 3 is 1.96 bits per heavy atom.